The third kappa shape index (κ3) is 4.29. The van der Waals surface area contributed by atoms with Gasteiger partial charge in [0.1, 0.15) is 5.69 Å². The number of fused-ring (bicyclic) bond motifs is 15. The average Bonchev–Trinajstić information content (AvgIpc) is 3.76. The van der Waals surface area contributed by atoms with Crippen LogP contribution in [0.1, 0.15) is 0 Å². The van der Waals surface area contributed by atoms with Crippen molar-refractivity contribution in [1.29, 1.82) is 0 Å². The van der Waals surface area contributed by atoms with Crippen molar-refractivity contribution in [1.82, 2.24) is 19.1 Å². The van der Waals surface area contributed by atoms with Crippen molar-refractivity contribution in [3.63, 3.8) is 0 Å². The Balaban J connectivity index is 1.21. The van der Waals surface area contributed by atoms with Crippen LogP contribution in [0.3, 0.4) is 0 Å². The number of hydrogen-bond donors (Lipinski definition) is 0. The summed E-state index contributed by atoms with van der Waals surface area (Å²) in [5, 5.41) is 7.06. The second-order valence-corrected chi connectivity index (χ2v) is 15.3. The Labute approximate surface area is 333 Å². The largest absolute Gasteiger partial charge is 0.308 e. The summed E-state index contributed by atoms with van der Waals surface area (Å²) in [7, 11) is 0. The molecule has 9 aromatic carbocycles. The molecule has 0 N–H and O–H groups in total. The first kappa shape index (κ1) is 31.4. The van der Waals surface area contributed by atoms with Gasteiger partial charge in [-0.15, -0.1) is 0 Å². The molecule has 0 aliphatic carbocycles. The van der Waals surface area contributed by atoms with E-state index in [2.05, 4.69) is 203 Å². The summed E-state index contributed by atoms with van der Waals surface area (Å²) in [6, 6.07) is 70.0. The van der Waals surface area contributed by atoms with E-state index in [1.54, 1.807) is 0 Å². The molecule has 0 spiro atoms. The second kappa shape index (κ2) is 11.8. The van der Waals surface area contributed by atoms with Gasteiger partial charge in [0.2, 0.25) is 0 Å². The normalized spacial score (nSPS) is 12.1. The maximum atomic E-state index is 5.63. The van der Waals surface area contributed by atoms with Crippen LogP contribution in [0, 0.1) is 0 Å². The first-order valence-electron chi connectivity index (χ1n) is 19.8. The van der Waals surface area contributed by atoms with Gasteiger partial charge in [-0.1, -0.05) is 164 Å². The van der Waals surface area contributed by atoms with Crippen LogP contribution in [-0.2, 0) is 0 Å². The van der Waals surface area contributed by atoms with Crippen LogP contribution in [0.15, 0.2) is 194 Å². The van der Waals surface area contributed by atoms with E-state index in [0.29, 0.717) is 0 Å². The van der Waals surface area contributed by atoms with E-state index in [0.717, 1.165) is 55.5 Å². The molecular weight excluding hydrogens is 705 g/mol. The maximum absolute atomic E-state index is 5.63. The van der Waals surface area contributed by atoms with Crippen molar-refractivity contribution in [2.45, 2.75) is 0 Å². The molecule has 1 aliphatic heterocycles. The lowest BCUT2D eigenvalue weighted by Crippen LogP contribution is -2.04. The number of benzene rings is 9. The Hall–Kier alpha value is -7.82. The van der Waals surface area contributed by atoms with Gasteiger partial charge in [0.25, 0.3) is 0 Å². The second-order valence-electron chi connectivity index (χ2n) is 15.3. The third-order valence-corrected chi connectivity index (χ3v) is 12.2. The minimum absolute atomic E-state index is 0.807. The van der Waals surface area contributed by atoms with Crippen molar-refractivity contribution in [2.24, 2.45) is 0 Å². The van der Waals surface area contributed by atoms with Gasteiger partial charge in [-0.2, -0.15) is 0 Å². The summed E-state index contributed by atoms with van der Waals surface area (Å²) in [6.07, 6.45) is 0. The van der Waals surface area contributed by atoms with E-state index >= 15 is 0 Å². The lowest BCUT2D eigenvalue weighted by molar-refractivity contribution is 1.08. The Morgan fingerprint density at radius 1 is 0.379 bits per heavy atom. The first-order chi connectivity index (χ1) is 28.8. The molecule has 0 unspecified atom stereocenters. The van der Waals surface area contributed by atoms with E-state index < -0.39 is 0 Å². The Bertz CT molecular complexity index is 3670. The molecule has 4 heterocycles. The maximum Gasteiger partial charge on any atom is 0.165 e. The van der Waals surface area contributed by atoms with Gasteiger partial charge in [0, 0.05) is 43.6 Å². The van der Waals surface area contributed by atoms with Crippen molar-refractivity contribution < 1.29 is 0 Å². The van der Waals surface area contributed by atoms with Gasteiger partial charge in [0.05, 0.1) is 38.8 Å². The molecular formula is C54H32N4. The Morgan fingerprint density at radius 2 is 1.00 bits per heavy atom. The number of rotatable bonds is 3. The molecule has 0 amide bonds. The fraction of sp³-hybridized carbons (Fsp3) is 0. The fourth-order valence-corrected chi connectivity index (χ4v) is 9.73. The topological polar surface area (TPSA) is 35.6 Å². The number of nitrogens with zero attached hydrogens (tertiary/aromatic N) is 4. The third-order valence-electron chi connectivity index (χ3n) is 12.2. The van der Waals surface area contributed by atoms with Crippen LogP contribution >= 0.6 is 0 Å². The van der Waals surface area contributed by atoms with Crippen LogP contribution < -0.4 is 0 Å². The number of aromatic nitrogens is 4. The Morgan fingerprint density at radius 3 is 1.83 bits per heavy atom. The molecule has 3 aromatic heterocycles. The first-order valence-corrected chi connectivity index (χ1v) is 19.8. The zero-order valence-corrected chi connectivity index (χ0v) is 31.3. The van der Waals surface area contributed by atoms with Gasteiger partial charge in [-0.3, -0.25) is 4.57 Å². The lowest BCUT2D eigenvalue weighted by atomic mass is 9.91. The SMILES string of the molecule is c1ccc(-c2ccc(-c3nc4c(ccc5ccccc54)nc3-n3c4ccccc4c4c5c6c(cc43)c3ccccc3n6-c3ccccc3-c3ccccc3-5)cc2)cc1. The Kier molecular flexibility index (Phi) is 6.41. The van der Waals surface area contributed by atoms with Gasteiger partial charge in [-0.05, 0) is 58.0 Å². The molecule has 0 atom stereocenters. The predicted octanol–water partition coefficient (Wildman–Crippen LogP) is 14.0. The van der Waals surface area contributed by atoms with Crippen LogP contribution in [0.4, 0.5) is 0 Å². The van der Waals surface area contributed by atoms with E-state index in [1.807, 2.05) is 0 Å². The summed E-state index contributed by atoms with van der Waals surface area (Å²) >= 11 is 0. The summed E-state index contributed by atoms with van der Waals surface area (Å²) in [5.41, 5.74) is 16.7. The molecule has 0 fully saturated rings. The summed E-state index contributed by atoms with van der Waals surface area (Å²) in [4.78, 5) is 11.2. The van der Waals surface area contributed by atoms with E-state index in [9.17, 15) is 0 Å². The molecule has 268 valence electrons. The summed E-state index contributed by atoms with van der Waals surface area (Å²) in [6.45, 7) is 0. The number of hydrogen-bond acceptors (Lipinski definition) is 2. The quantitative estimate of drug-likeness (QED) is 0.169. The van der Waals surface area contributed by atoms with Crippen LogP contribution in [0.25, 0.3) is 122 Å². The smallest absolute Gasteiger partial charge is 0.165 e. The highest BCUT2D eigenvalue weighted by Gasteiger charge is 2.29. The summed E-state index contributed by atoms with van der Waals surface area (Å²) < 4.78 is 4.89. The van der Waals surface area contributed by atoms with Gasteiger partial charge in [0.15, 0.2) is 5.82 Å². The molecule has 4 heteroatoms. The van der Waals surface area contributed by atoms with Crippen LogP contribution in [0.5, 0.6) is 0 Å². The monoisotopic (exact) mass is 736 g/mol. The zero-order chi connectivity index (χ0) is 37.9. The fourth-order valence-electron chi connectivity index (χ4n) is 9.73. The van der Waals surface area contributed by atoms with E-state index in [-0.39, 0.29) is 0 Å². The molecule has 13 rings (SSSR count). The average molecular weight is 737 g/mol. The van der Waals surface area contributed by atoms with Gasteiger partial charge >= 0.3 is 0 Å². The molecule has 0 saturated heterocycles. The molecule has 1 aliphatic rings. The molecule has 4 nitrogen and oxygen atoms in total. The van der Waals surface area contributed by atoms with E-state index in [4.69, 9.17) is 9.97 Å². The molecule has 0 bridgehead atoms. The highest BCUT2D eigenvalue weighted by molar-refractivity contribution is 6.28. The predicted molar refractivity (Wildman–Crippen MR) is 241 cm³/mol. The molecule has 0 radical (unpaired) electrons. The van der Waals surface area contributed by atoms with Crippen LogP contribution in [0.2, 0.25) is 0 Å². The van der Waals surface area contributed by atoms with Crippen molar-refractivity contribution in [3.8, 4) is 56.1 Å². The minimum Gasteiger partial charge on any atom is -0.308 e. The molecule has 12 aromatic rings. The van der Waals surface area contributed by atoms with Crippen LogP contribution in [-0.4, -0.2) is 19.1 Å². The highest BCUT2D eigenvalue weighted by atomic mass is 15.1. The molecule has 58 heavy (non-hydrogen) atoms. The van der Waals surface area contributed by atoms with Crippen molar-refractivity contribution >= 4 is 65.4 Å². The molecule has 0 saturated carbocycles. The van der Waals surface area contributed by atoms with Crippen molar-refractivity contribution in [3.05, 3.63) is 194 Å². The highest BCUT2D eigenvalue weighted by Crippen LogP contribution is 2.52. The zero-order valence-electron chi connectivity index (χ0n) is 31.3. The van der Waals surface area contributed by atoms with Gasteiger partial charge in [-0.25, -0.2) is 9.97 Å². The van der Waals surface area contributed by atoms with E-state index in [1.165, 1.54) is 66.1 Å². The van der Waals surface area contributed by atoms with Gasteiger partial charge < -0.3 is 4.57 Å². The minimum atomic E-state index is 0.807. The van der Waals surface area contributed by atoms with Crippen molar-refractivity contribution in [2.75, 3.05) is 0 Å². The summed E-state index contributed by atoms with van der Waals surface area (Å²) in [5.74, 6) is 0.807. The number of para-hydroxylation sites is 3. The lowest BCUT2D eigenvalue weighted by Gasteiger charge is -2.16. The standard InChI is InChI=1S/C54H32N4/c1-2-14-33(15-3-1)34-26-28-36(29-27-34)51-54(55-44-31-30-35-16-4-5-17-37(35)52(44)56-51)58-47-25-13-10-22-42(47)49-48(58)32-43-40-20-9-12-24-46(40)57-45-23-11-8-19-39(45)38-18-6-7-21-41(38)50(49)53(43)57/h1-32H.